The molecule has 0 aliphatic heterocycles. The van der Waals surface area contributed by atoms with E-state index in [4.69, 9.17) is 0 Å². The smallest absolute Gasteiger partial charge is 0.225 e. The van der Waals surface area contributed by atoms with Crippen LogP contribution in [0.15, 0.2) is 35.8 Å². The fourth-order valence-corrected chi connectivity index (χ4v) is 2.28. The standard InChI is InChI=1S/C13H14N2O2S/c1-9(13-14-6-7-18-13)15-12(17)8-10-4-2-3-5-11(10)16/h2-7,9,16H,8H2,1H3,(H,15,17). The van der Waals surface area contributed by atoms with Crippen LogP contribution in [0.25, 0.3) is 0 Å². The van der Waals surface area contributed by atoms with E-state index in [0.29, 0.717) is 5.56 Å². The van der Waals surface area contributed by atoms with Crippen molar-refractivity contribution in [1.29, 1.82) is 0 Å². The summed E-state index contributed by atoms with van der Waals surface area (Å²) in [4.78, 5) is 16.0. The number of nitrogens with zero attached hydrogens (tertiary/aromatic N) is 1. The van der Waals surface area contributed by atoms with Crippen LogP contribution in [0.2, 0.25) is 0 Å². The normalized spacial score (nSPS) is 12.1. The Kier molecular flexibility index (Phi) is 3.94. The number of carbonyl (C=O) groups is 1. The van der Waals surface area contributed by atoms with Crippen molar-refractivity contribution >= 4 is 17.2 Å². The average Bonchev–Trinajstić information content (AvgIpc) is 2.85. The lowest BCUT2D eigenvalue weighted by molar-refractivity contribution is -0.121. The molecule has 2 aromatic rings. The molecule has 1 atom stereocenters. The van der Waals surface area contributed by atoms with E-state index in [2.05, 4.69) is 10.3 Å². The number of carbonyl (C=O) groups excluding carboxylic acids is 1. The zero-order valence-corrected chi connectivity index (χ0v) is 10.8. The molecule has 0 saturated carbocycles. The van der Waals surface area contributed by atoms with Gasteiger partial charge in [0.05, 0.1) is 12.5 Å². The highest BCUT2D eigenvalue weighted by Gasteiger charge is 2.13. The van der Waals surface area contributed by atoms with Crippen molar-refractivity contribution in [2.24, 2.45) is 0 Å². The number of nitrogens with one attached hydrogen (secondary N) is 1. The number of para-hydroxylation sites is 1. The third-order valence-electron chi connectivity index (χ3n) is 2.54. The maximum atomic E-state index is 11.8. The number of benzene rings is 1. The molecule has 0 bridgehead atoms. The van der Waals surface area contributed by atoms with Crippen LogP contribution in [0.1, 0.15) is 23.5 Å². The van der Waals surface area contributed by atoms with Gasteiger partial charge < -0.3 is 10.4 Å². The van der Waals surface area contributed by atoms with Crippen molar-refractivity contribution in [1.82, 2.24) is 10.3 Å². The van der Waals surface area contributed by atoms with Crippen LogP contribution >= 0.6 is 11.3 Å². The van der Waals surface area contributed by atoms with Crippen molar-refractivity contribution in [3.63, 3.8) is 0 Å². The third kappa shape index (κ3) is 3.07. The Morgan fingerprint density at radius 2 is 2.28 bits per heavy atom. The molecule has 1 aromatic carbocycles. The van der Waals surface area contributed by atoms with Crippen molar-refractivity contribution in [2.75, 3.05) is 0 Å². The molecule has 1 heterocycles. The summed E-state index contributed by atoms with van der Waals surface area (Å²) in [7, 11) is 0. The maximum Gasteiger partial charge on any atom is 0.225 e. The van der Waals surface area contributed by atoms with Gasteiger partial charge in [0, 0.05) is 17.1 Å². The minimum Gasteiger partial charge on any atom is -0.508 e. The number of phenolic OH excluding ortho intramolecular Hbond substituents is 1. The summed E-state index contributed by atoms with van der Waals surface area (Å²) in [6, 6.07) is 6.74. The summed E-state index contributed by atoms with van der Waals surface area (Å²) in [6.45, 7) is 1.89. The number of hydrogen-bond acceptors (Lipinski definition) is 4. The number of thiazole rings is 1. The zero-order chi connectivity index (χ0) is 13.0. The van der Waals surface area contributed by atoms with E-state index in [-0.39, 0.29) is 24.1 Å². The van der Waals surface area contributed by atoms with Gasteiger partial charge in [-0.25, -0.2) is 4.98 Å². The van der Waals surface area contributed by atoms with E-state index in [1.54, 1.807) is 30.5 Å². The number of aromatic hydroxyl groups is 1. The Hall–Kier alpha value is -1.88. The van der Waals surface area contributed by atoms with E-state index >= 15 is 0 Å². The van der Waals surface area contributed by atoms with Crippen molar-refractivity contribution in [2.45, 2.75) is 19.4 Å². The van der Waals surface area contributed by atoms with Crippen molar-refractivity contribution in [3.8, 4) is 5.75 Å². The second kappa shape index (κ2) is 5.64. The van der Waals surface area contributed by atoms with Crippen LogP contribution in [-0.4, -0.2) is 16.0 Å². The van der Waals surface area contributed by atoms with Gasteiger partial charge in [0.25, 0.3) is 0 Å². The molecule has 0 saturated heterocycles. The Morgan fingerprint density at radius 3 is 2.94 bits per heavy atom. The monoisotopic (exact) mass is 262 g/mol. The first-order valence-electron chi connectivity index (χ1n) is 5.62. The van der Waals surface area contributed by atoms with Crippen LogP contribution < -0.4 is 5.32 Å². The quantitative estimate of drug-likeness (QED) is 0.888. The Labute approximate surface area is 109 Å². The summed E-state index contributed by atoms with van der Waals surface area (Å²) in [5.41, 5.74) is 0.626. The molecule has 2 N–H and O–H groups in total. The molecule has 0 radical (unpaired) electrons. The van der Waals surface area contributed by atoms with Gasteiger partial charge in [-0.2, -0.15) is 0 Å². The van der Waals surface area contributed by atoms with E-state index < -0.39 is 0 Å². The lowest BCUT2D eigenvalue weighted by Crippen LogP contribution is -2.28. The molecule has 0 aliphatic rings. The molecule has 4 nitrogen and oxygen atoms in total. The third-order valence-corrected chi connectivity index (χ3v) is 3.50. The summed E-state index contributed by atoms with van der Waals surface area (Å²) >= 11 is 1.51. The number of aromatic nitrogens is 1. The Bertz CT molecular complexity index is 526. The molecule has 0 spiro atoms. The highest BCUT2D eigenvalue weighted by molar-refractivity contribution is 7.09. The molecule has 1 unspecified atom stereocenters. The zero-order valence-electron chi connectivity index (χ0n) is 9.96. The molecule has 0 fully saturated rings. The molecule has 5 heteroatoms. The average molecular weight is 262 g/mol. The molecular formula is C13H14N2O2S. The fraction of sp³-hybridized carbons (Fsp3) is 0.231. The van der Waals surface area contributed by atoms with Gasteiger partial charge >= 0.3 is 0 Å². The summed E-state index contributed by atoms with van der Waals surface area (Å²) in [6.07, 6.45) is 1.88. The van der Waals surface area contributed by atoms with Crippen molar-refractivity contribution < 1.29 is 9.90 Å². The first kappa shape index (κ1) is 12.6. The number of hydrogen-bond donors (Lipinski definition) is 2. The second-order valence-corrected chi connectivity index (χ2v) is 4.89. The highest BCUT2D eigenvalue weighted by Crippen LogP contribution is 2.18. The van der Waals surface area contributed by atoms with Gasteiger partial charge in [-0.15, -0.1) is 11.3 Å². The summed E-state index contributed by atoms with van der Waals surface area (Å²) in [5.74, 6) is 0.0220. The highest BCUT2D eigenvalue weighted by atomic mass is 32.1. The molecule has 2 rings (SSSR count). The lowest BCUT2D eigenvalue weighted by Gasteiger charge is -2.11. The van der Waals surface area contributed by atoms with Crippen LogP contribution in [0.4, 0.5) is 0 Å². The SMILES string of the molecule is CC(NC(=O)Cc1ccccc1O)c1nccs1. The molecule has 94 valence electrons. The first-order chi connectivity index (χ1) is 8.66. The summed E-state index contributed by atoms with van der Waals surface area (Å²) < 4.78 is 0. The van der Waals surface area contributed by atoms with E-state index in [0.717, 1.165) is 5.01 Å². The van der Waals surface area contributed by atoms with Crippen LogP contribution in [0.3, 0.4) is 0 Å². The topological polar surface area (TPSA) is 62.2 Å². The maximum absolute atomic E-state index is 11.8. The lowest BCUT2D eigenvalue weighted by atomic mass is 10.1. The predicted octanol–water partition coefficient (Wildman–Crippen LogP) is 2.27. The van der Waals surface area contributed by atoms with Gasteiger partial charge in [0.1, 0.15) is 10.8 Å². The van der Waals surface area contributed by atoms with Crippen molar-refractivity contribution in [3.05, 3.63) is 46.4 Å². The Balaban J connectivity index is 1.95. The van der Waals surface area contributed by atoms with E-state index in [9.17, 15) is 9.90 Å². The largest absolute Gasteiger partial charge is 0.508 e. The number of rotatable bonds is 4. The van der Waals surface area contributed by atoms with Gasteiger partial charge in [0.15, 0.2) is 0 Å². The minimum atomic E-state index is -0.126. The molecule has 1 amide bonds. The minimum absolute atomic E-state index is 0.108. The molecule has 1 aromatic heterocycles. The second-order valence-electron chi connectivity index (χ2n) is 3.97. The van der Waals surface area contributed by atoms with Crippen LogP contribution in [-0.2, 0) is 11.2 Å². The molecule has 0 aliphatic carbocycles. The van der Waals surface area contributed by atoms with E-state index in [1.807, 2.05) is 12.3 Å². The van der Waals surface area contributed by atoms with Gasteiger partial charge in [-0.1, -0.05) is 18.2 Å². The summed E-state index contributed by atoms with van der Waals surface area (Å²) in [5, 5.41) is 15.2. The van der Waals surface area contributed by atoms with Gasteiger partial charge in [0.2, 0.25) is 5.91 Å². The van der Waals surface area contributed by atoms with Crippen LogP contribution in [0.5, 0.6) is 5.75 Å². The number of amides is 1. The molecule has 18 heavy (non-hydrogen) atoms. The van der Waals surface area contributed by atoms with Crippen LogP contribution in [0, 0.1) is 0 Å². The van der Waals surface area contributed by atoms with E-state index in [1.165, 1.54) is 11.3 Å². The first-order valence-corrected chi connectivity index (χ1v) is 6.50. The van der Waals surface area contributed by atoms with Gasteiger partial charge in [-0.3, -0.25) is 4.79 Å². The predicted molar refractivity (Wildman–Crippen MR) is 70.5 cm³/mol. The Morgan fingerprint density at radius 1 is 1.50 bits per heavy atom. The van der Waals surface area contributed by atoms with Gasteiger partial charge in [-0.05, 0) is 13.0 Å². The fourth-order valence-electron chi connectivity index (χ4n) is 1.64. The molecular weight excluding hydrogens is 248 g/mol. The number of phenols is 1.